The van der Waals surface area contributed by atoms with Crippen molar-refractivity contribution in [1.82, 2.24) is 5.32 Å². The van der Waals surface area contributed by atoms with E-state index in [1.807, 2.05) is 24.3 Å². The minimum absolute atomic E-state index is 0.0577. The van der Waals surface area contributed by atoms with Crippen LogP contribution in [0.2, 0.25) is 0 Å². The molecule has 1 heterocycles. The molecule has 0 radical (unpaired) electrons. The lowest BCUT2D eigenvalue weighted by molar-refractivity contribution is -0.124. The number of fused-ring (bicyclic) bond motifs is 1. The first-order valence-electron chi connectivity index (χ1n) is 6.89. The number of carbonyl (C=O) groups excluding carboxylic acids is 2. The number of rotatable bonds is 5. The van der Waals surface area contributed by atoms with Crippen LogP contribution in [-0.2, 0) is 9.59 Å². The van der Waals surface area contributed by atoms with E-state index < -0.39 is 0 Å². The maximum absolute atomic E-state index is 12.0. The molecule has 2 amide bonds. The molecule has 1 aliphatic rings. The van der Waals surface area contributed by atoms with Gasteiger partial charge in [0.2, 0.25) is 11.8 Å². The van der Waals surface area contributed by atoms with Gasteiger partial charge in [0.25, 0.3) is 0 Å². The first kappa shape index (κ1) is 14.9. The number of nitrogens with one attached hydrogen (secondary N) is 2. The smallest absolute Gasteiger partial charge is 0.238 e. The van der Waals surface area contributed by atoms with E-state index in [9.17, 15) is 9.59 Å². The van der Waals surface area contributed by atoms with Crippen LogP contribution in [0.5, 0.6) is 0 Å². The molecule has 1 aromatic rings. The molecule has 20 heavy (non-hydrogen) atoms. The van der Waals surface area contributed by atoms with Gasteiger partial charge in [-0.15, -0.1) is 11.8 Å². The van der Waals surface area contributed by atoms with Crippen LogP contribution in [0.4, 0.5) is 5.69 Å². The molecule has 0 fully saturated rings. The van der Waals surface area contributed by atoms with Gasteiger partial charge in [0.15, 0.2) is 0 Å². The van der Waals surface area contributed by atoms with Crippen molar-refractivity contribution in [3.8, 4) is 0 Å². The molecule has 108 valence electrons. The second kappa shape index (κ2) is 6.79. The Hall–Kier alpha value is -1.49. The van der Waals surface area contributed by atoms with Crippen LogP contribution in [0.3, 0.4) is 0 Å². The van der Waals surface area contributed by atoms with E-state index in [1.54, 1.807) is 0 Å². The van der Waals surface area contributed by atoms with Crippen molar-refractivity contribution in [3.63, 3.8) is 0 Å². The quantitative estimate of drug-likeness (QED) is 0.877. The van der Waals surface area contributed by atoms with E-state index in [0.29, 0.717) is 12.5 Å². The molecule has 0 saturated carbocycles. The van der Waals surface area contributed by atoms with Gasteiger partial charge in [0, 0.05) is 17.9 Å². The number of para-hydroxylation sites is 1. The van der Waals surface area contributed by atoms with E-state index in [-0.39, 0.29) is 23.5 Å². The fraction of sp³-hybridized carbons (Fsp3) is 0.467. The van der Waals surface area contributed by atoms with Crippen LogP contribution >= 0.6 is 11.8 Å². The maximum atomic E-state index is 12.0. The average molecular weight is 292 g/mol. The predicted molar refractivity (Wildman–Crippen MR) is 81.8 cm³/mol. The fourth-order valence-corrected chi connectivity index (χ4v) is 3.08. The Morgan fingerprint density at radius 3 is 2.90 bits per heavy atom. The van der Waals surface area contributed by atoms with Crippen LogP contribution < -0.4 is 10.6 Å². The summed E-state index contributed by atoms with van der Waals surface area (Å²) in [6.07, 6.45) is 1.18. The zero-order valence-corrected chi connectivity index (χ0v) is 12.6. The number of thioether (sulfide) groups is 1. The molecule has 1 aromatic carbocycles. The number of benzene rings is 1. The lowest BCUT2D eigenvalue weighted by Crippen LogP contribution is -2.35. The van der Waals surface area contributed by atoms with Gasteiger partial charge in [-0.3, -0.25) is 9.59 Å². The topological polar surface area (TPSA) is 58.2 Å². The molecular weight excluding hydrogens is 272 g/mol. The van der Waals surface area contributed by atoms with Gasteiger partial charge >= 0.3 is 0 Å². The van der Waals surface area contributed by atoms with Crippen molar-refractivity contribution in [2.24, 2.45) is 5.92 Å². The van der Waals surface area contributed by atoms with Gasteiger partial charge < -0.3 is 10.6 Å². The zero-order chi connectivity index (χ0) is 14.5. The number of hydrogen-bond acceptors (Lipinski definition) is 3. The summed E-state index contributed by atoms with van der Waals surface area (Å²) in [7, 11) is 0. The van der Waals surface area contributed by atoms with E-state index in [0.717, 1.165) is 17.0 Å². The normalized spacial score (nSPS) is 17.6. The molecule has 5 heteroatoms. The van der Waals surface area contributed by atoms with Crippen LogP contribution in [0.25, 0.3) is 0 Å². The summed E-state index contributed by atoms with van der Waals surface area (Å²) in [5, 5.41) is 5.38. The molecule has 2 rings (SSSR count). The highest BCUT2D eigenvalue weighted by molar-refractivity contribution is 8.01. The molecule has 1 unspecified atom stereocenters. The molecule has 0 aromatic heterocycles. The Kier molecular flexibility index (Phi) is 5.06. The average Bonchev–Trinajstić information content (AvgIpc) is 2.39. The molecule has 1 atom stereocenters. The molecular formula is C15H20N2O2S. The van der Waals surface area contributed by atoms with Crippen LogP contribution in [0.1, 0.15) is 26.7 Å². The highest BCUT2D eigenvalue weighted by atomic mass is 32.2. The Labute approximate surface area is 123 Å². The third-order valence-electron chi connectivity index (χ3n) is 3.12. The van der Waals surface area contributed by atoms with Crippen LogP contribution in [0, 0.1) is 5.92 Å². The van der Waals surface area contributed by atoms with E-state index in [1.165, 1.54) is 11.8 Å². The van der Waals surface area contributed by atoms with Crippen molar-refractivity contribution in [2.75, 3.05) is 11.9 Å². The third-order valence-corrected chi connectivity index (χ3v) is 4.40. The number of amides is 2. The molecule has 0 aliphatic carbocycles. The number of carbonyl (C=O) groups is 2. The minimum atomic E-state index is -0.344. The molecule has 1 aliphatic heterocycles. The van der Waals surface area contributed by atoms with Gasteiger partial charge in [-0.1, -0.05) is 26.0 Å². The summed E-state index contributed by atoms with van der Waals surface area (Å²) in [6, 6.07) is 7.66. The van der Waals surface area contributed by atoms with E-state index >= 15 is 0 Å². The van der Waals surface area contributed by atoms with E-state index in [2.05, 4.69) is 24.5 Å². The van der Waals surface area contributed by atoms with Crippen molar-refractivity contribution in [3.05, 3.63) is 24.3 Å². The molecule has 0 bridgehead atoms. The highest BCUT2D eigenvalue weighted by Gasteiger charge is 2.28. The molecule has 2 N–H and O–H groups in total. The number of hydrogen-bond donors (Lipinski definition) is 2. The van der Waals surface area contributed by atoms with Gasteiger partial charge in [0.1, 0.15) is 0 Å². The zero-order valence-electron chi connectivity index (χ0n) is 11.8. The standard InChI is InChI=1S/C15H20N2O2S/c1-10(2)7-8-16-14(18)9-13-15(19)17-11-5-3-4-6-12(11)20-13/h3-6,10,13H,7-9H2,1-2H3,(H,16,18)(H,17,19). The first-order chi connectivity index (χ1) is 9.56. The van der Waals surface area contributed by atoms with Crippen molar-refractivity contribution >= 4 is 29.3 Å². The van der Waals surface area contributed by atoms with Gasteiger partial charge in [0.05, 0.1) is 10.9 Å². The maximum Gasteiger partial charge on any atom is 0.238 e. The monoisotopic (exact) mass is 292 g/mol. The fourth-order valence-electron chi connectivity index (χ4n) is 1.97. The summed E-state index contributed by atoms with van der Waals surface area (Å²) in [5.74, 6) is 0.417. The Bertz CT molecular complexity index is 502. The summed E-state index contributed by atoms with van der Waals surface area (Å²) < 4.78 is 0. The lowest BCUT2D eigenvalue weighted by atomic mass is 10.1. The van der Waals surface area contributed by atoms with E-state index in [4.69, 9.17) is 0 Å². The summed E-state index contributed by atoms with van der Waals surface area (Å²) >= 11 is 1.46. The summed E-state index contributed by atoms with van der Waals surface area (Å²) in [5.41, 5.74) is 0.832. The second-order valence-electron chi connectivity index (χ2n) is 5.33. The van der Waals surface area contributed by atoms with Gasteiger partial charge in [-0.2, -0.15) is 0 Å². The molecule has 4 nitrogen and oxygen atoms in total. The lowest BCUT2D eigenvalue weighted by Gasteiger charge is -2.23. The third kappa shape index (κ3) is 4.00. The summed E-state index contributed by atoms with van der Waals surface area (Å²) in [4.78, 5) is 24.8. The predicted octanol–water partition coefficient (Wildman–Crippen LogP) is 2.65. The first-order valence-corrected chi connectivity index (χ1v) is 7.77. The van der Waals surface area contributed by atoms with Crippen LogP contribution in [0.15, 0.2) is 29.2 Å². The minimum Gasteiger partial charge on any atom is -0.356 e. The Morgan fingerprint density at radius 2 is 2.15 bits per heavy atom. The van der Waals surface area contributed by atoms with Gasteiger partial charge in [-0.25, -0.2) is 0 Å². The second-order valence-corrected chi connectivity index (χ2v) is 6.57. The molecule has 0 spiro atoms. The highest BCUT2D eigenvalue weighted by Crippen LogP contribution is 2.36. The Balaban J connectivity index is 1.87. The Morgan fingerprint density at radius 1 is 1.40 bits per heavy atom. The van der Waals surface area contributed by atoms with Crippen molar-refractivity contribution < 1.29 is 9.59 Å². The van der Waals surface area contributed by atoms with Crippen molar-refractivity contribution in [1.29, 1.82) is 0 Å². The largest absolute Gasteiger partial charge is 0.356 e. The van der Waals surface area contributed by atoms with Gasteiger partial charge in [-0.05, 0) is 24.5 Å². The SMILES string of the molecule is CC(C)CCNC(=O)CC1Sc2ccccc2NC1=O. The van der Waals surface area contributed by atoms with Crippen molar-refractivity contribution in [2.45, 2.75) is 36.8 Å². The molecule has 0 saturated heterocycles. The summed E-state index contributed by atoms with van der Waals surface area (Å²) in [6.45, 7) is 4.91. The number of anilines is 1. The van der Waals surface area contributed by atoms with Crippen LogP contribution in [-0.4, -0.2) is 23.6 Å².